The largest absolute Gasteiger partial charge is 0.481 e. The van der Waals surface area contributed by atoms with Crippen LogP contribution in [0.25, 0.3) is 11.4 Å². The number of aromatic nitrogens is 3. The molecule has 172 valence electrons. The Morgan fingerprint density at radius 3 is 2.68 bits per heavy atom. The van der Waals surface area contributed by atoms with Gasteiger partial charge in [-0.25, -0.2) is 14.4 Å². The topological polar surface area (TPSA) is 97.2 Å². The summed E-state index contributed by atoms with van der Waals surface area (Å²) < 4.78 is 20.5. The smallest absolute Gasteiger partial charge is 0.303 e. The van der Waals surface area contributed by atoms with Crippen molar-refractivity contribution in [1.82, 2.24) is 15.0 Å². The molecule has 0 amide bonds. The van der Waals surface area contributed by atoms with E-state index in [1.165, 1.54) is 6.07 Å². The van der Waals surface area contributed by atoms with Crippen LogP contribution in [0.1, 0.15) is 23.2 Å². The molecule has 0 aliphatic rings. The standard InChI is InChI=1S/C26H23FN4O3/c1-16-13-23(26(30-17(16)2)21-5-3-4-11-28-21)34-19-10-12-29-24(15-19)31-22-14-18(6-8-20(22)27)7-9-25(32)33/h3-6,8,10-15H,7,9H2,1-2H3,(H,29,31)(H,32,33). The summed E-state index contributed by atoms with van der Waals surface area (Å²) in [5.41, 5.74) is 4.07. The van der Waals surface area contributed by atoms with Crippen LogP contribution in [0.4, 0.5) is 15.9 Å². The van der Waals surface area contributed by atoms with Gasteiger partial charge in [0.1, 0.15) is 23.1 Å². The number of anilines is 2. The Morgan fingerprint density at radius 2 is 1.91 bits per heavy atom. The highest BCUT2D eigenvalue weighted by Gasteiger charge is 2.14. The van der Waals surface area contributed by atoms with E-state index < -0.39 is 11.8 Å². The lowest BCUT2D eigenvalue weighted by molar-refractivity contribution is -0.136. The Hall–Kier alpha value is -4.33. The number of carbonyl (C=O) groups is 1. The van der Waals surface area contributed by atoms with E-state index in [4.69, 9.17) is 9.84 Å². The van der Waals surface area contributed by atoms with E-state index in [1.807, 2.05) is 38.1 Å². The van der Waals surface area contributed by atoms with Crippen molar-refractivity contribution in [1.29, 1.82) is 0 Å². The van der Waals surface area contributed by atoms with Crippen LogP contribution in [0.15, 0.2) is 67.0 Å². The fourth-order valence-corrected chi connectivity index (χ4v) is 3.33. The van der Waals surface area contributed by atoms with Crippen molar-refractivity contribution in [2.75, 3.05) is 5.32 Å². The minimum Gasteiger partial charge on any atom is -0.481 e. The number of aliphatic carboxylic acids is 1. The summed E-state index contributed by atoms with van der Waals surface area (Å²) in [6.07, 6.45) is 3.52. The van der Waals surface area contributed by atoms with Crippen LogP contribution in [0.3, 0.4) is 0 Å². The van der Waals surface area contributed by atoms with Gasteiger partial charge in [0.2, 0.25) is 0 Å². The first-order valence-corrected chi connectivity index (χ1v) is 10.7. The summed E-state index contributed by atoms with van der Waals surface area (Å²) in [6.45, 7) is 3.89. The van der Waals surface area contributed by atoms with Gasteiger partial charge in [0.05, 0.1) is 11.4 Å². The van der Waals surface area contributed by atoms with Gasteiger partial charge in [0, 0.05) is 30.6 Å². The first kappa shape index (κ1) is 22.8. The van der Waals surface area contributed by atoms with E-state index in [-0.39, 0.29) is 12.1 Å². The second-order valence-corrected chi connectivity index (χ2v) is 7.76. The molecule has 8 heteroatoms. The molecule has 0 atom stereocenters. The minimum atomic E-state index is -0.906. The summed E-state index contributed by atoms with van der Waals surface area (Å²) in [5.74, 6) is 0.0326. The van der Waals surface area contributed by atoms with E-state index in [0.29, 0.717) is 40.7 Å². The molecular formula is C26H23FN4O3. The number of ether oxygens (including phenoxy) is 1. The SMILES string of the molecule is Cc1cc(Oc2ccnc(Nc3cc(CCC(=O)O)ccc3F)c2)c(-c2ccccn2)nc1C. The molecule has 3 aromatic heterocycles. The Kier molecular flexibility index (Phi) is 6.77. The highest BCUT2D eigenvalue weighted by atomic mass is 19.1. The van der Waals surface area contributed by atoms with Crippen molar-refractivity contribution < 1.29 is 19.0 Å². The molecule has 0 bridgehead atoms. The average Bonchev–Trinajstić information content (AvgIpc) is 2.82. The zero-order valence-electron chi connectivity index (χ0n) is 18.7. The zero-order chi connectivity index (χ0) is 24.1. The molecule has 1 aromatic carbocycles. The van der Waals surface area contributed by atoms with Crippen molar-refractivity contribution in [2.45, 2.75) is 26.7 Å². The number of nitrogens with one attached hydrogen (secondary N) is 1. The van der Waals surface area contributed by atoms with E-state index in [0.717, 1.165) is 11.3 Å². The van der Waals surface area contributed by atoms with Gasteiger partial charge < -0.3 is 15.2 Å². The van der Waals surface area contributed by atoms with Crippen molar-refractivity contribution in [3.8, 4) is 22.9 Å². The van der Waals surface area contributed by atoms with Crippen LogP contribution in [0.2, 0.25) is 0 Å². The maximum atomic E-state index is 14.4. The Labute approximate surface area is 196 Å². The van der Waals surface area contributed by atoms with Crippen molar-refractivity contribution in [2.24, 2.45) is 0 Å². The number of benzene rings is 1. The summed E-state index contributed by atoms with van der Waals surface area (Å²) in [6, 6.07) is 15.3. The number of halogens is 1. The first-order valence-electron chi connectivity index (χ1n) is 10.7. The number of carboxylic acids is 1. The normalized spacial score (nSPS) is 10.7. The molecule has 7 nitrogen and oxygen atoms in total. The Balaban J connectivity index is 1.60. The van der Waals surface area contributed by atoms with Crippen LogP contribution < -0.4 is 10.1 Å². The van der Waals surface area contributed by atoms with Crippen LogP contribution in [0, 0.1) is 19.7 Å². The first-order chi connectivity index (χ1) is 16.4. The second-order valence-electron chi connectivity index (χ2n) is 7.76. The molecule has 0 saturated heterocycles. The molecule has 0 aliphatic heterocycles. The molecule has 3 heterocycles. The van der Waals surface area contributed by atoms with E-state index in [2.05, 4.69) is 20.3 Å². The number of hydrogen-bond donors (Lipinski definition) is 2. The fraction of sp³-hybridized carbons (Fsp3) is 0.154. The molecule has 0 fully saturated rings. The quantitative estimate of drug-likeness (QED) is 0.342. The lowest BCUT2D eigenvalue weighted by Gasteiger charge is -2.14. The monoisotopic (exact) mass is 458 g/mol. The van der Waals surface area contributed by atoms with Crippen LogP contribution in [-0.4, -0.2) is 26.0 Å². The third kappa shape index (κ3) is 5.53. The molecule has 34 heavy (non-hydrogen) atoms. The minimum absolute atomic E-state index is 0.0325. The fourth-order valence-electron chi connectivity index (χ4n) is 3.33. The lowest BCUT2D eigenvalue weighted by Crippen LogP contribution is -2.01. The molecule has 4 rings (SSSR count). The number of aryl methyl sites for hydroxylation is 3. The van der Waals surface area contributed by atoms with E-state index in [1.54, 1.807) is 36.7 Å². The van der Waals surface area contributed by atoms with Gasteiger partial charge in [-0.3, -0.25) is 9.78 Å². The molecule has 2 N–H and O–H groups in total. The number of rotatable bonds is 8. The zero-order valence-corrected chi connectivity index (χ0v) is 18.7. The van der Waals surface area contributed by atoms with Crippen molar-refractivity contribution in [3.63, 3.8) is 0 Å². The van der Waals surface area contributed by atoms with Crippen molar-refractivity contribution in [3.05, 3.63) is 89.6 Å². The van der Waals surface area contributed by atoms with Gasteiger partial charge in [0.25, 0.3) is 0 Å². The van der Waals surface area contributed by atoms with Gasteiger partial charge in [-0.1, -0.05) is 12.1 Å². The van der Waals surface area contributed by atoms with Gasteiger partial charge >= 0.3 is 5.97 Å². The summed E-state index contributed by atoms with van der Waals surface area (Å²) in [4.78, 5) is 24.2. The molecule has 0 unspecified atom stereocenters. The Morgan fingerprint density at radius 1 is 1.06 bits per heavy atom. The molecule has 0 spiro atoms. The van der Waals surface area contributed by atoms with Gasteiger partial charge in [0.15, 0.2) is 5.75 Å². The average molecular weight is 458 g/mol. The number of nitrogens with zero attached hydrogens (tertiary/aromatic N) is 3. The predicted molar refractivity (Wildman–Crippen MR) is 127 cm³/mol. The molecule has 4 aromatic rings. The van der Waals surface area contributed by atoms with Gasteiger partial charge in [-0.15, -0.1) is 0 Å². The summed E-state index contributed by atoms with van der Waals surface area (Å²) in [5, 5.41) is 11.8. The highest BCUT2D eigenvalue weighted by Crippen LogP contribution is 2.33. The number of carboxylic acid groups (broad SMARTS) is 1. The van der Waals surface area contributed by atoms with Crippen LogP contribution >= 0.6 is 0 Å². The van der Waals surface area contributed by atoms with Crippen LogP contribution in [-0.2, 0) is 11.2 Å². The third-order valence-corrected chi connectivity index (χ3v) is 5.22. The highest BCUT2D eigenvalue weighted by molar-refractivity contribution is 5.67. The lowest BCUT2D eigenvalue weighted by atomic mass is 10.1. The summed E-state index contributed by atoms with van der Waals surface area (Å²) in [7, 11) is 0. The molecular weight excluding hydrogens is 435 g/mol. The number of hydrogen-bond acceptors (Lipinski definition) is 6. The van der Waals surface area contributed by atoms with Crippen molar-refractivity contribution >= 4 is 17.5 Å². The van der Waals surface area contributed by atoms with E-state index >= 15 is 0 Å². The molecule has 0 radical (unpaired) electrons. The van der Waals surface area contributed by atoms with Gasteiger partial charge in [-0.05, 0) is 67.8 Å². The number of pyridine rings is 3. The van der Waals surface area contributed by atoms with Crippen LogP contribution in [0.5, 0.6) is 11.5 Å². The Bertz CT molecular complexity index is 1330. The van der Waals surface area contributed by atoms with E-state index in [9.17, 15) is 9.18 Å². The summed E-state index contributed by atoms with van der Waals surface area (Å²) >= 11 is 0. The maximum Gasteiger partial charge on any atom is 0.303 e. The molecule has 0 aliphatic carbocycles. The second kappa shape index (κ2) is 10.1. The third-order valence-electron chi connectivity index (χ3n) is 5.22. The molecule has 0 saturated carbocycles. The maximum absolute atomic E-state index is 14.4. The van der Waals surface area contributed by atoms with Gasteiger partial charge in [-0.2, -0.15) is 0 Å². The predicted octanol–water partition coefficient (Wildman–Crippen LogP) is 5.85.